The summed E-state index contributed by atoms with van der Waals surface area (Å²) < 4.78 is 6.05. The first-order valence-electron chi connectivity index (χ1n) is 16.2. The third-order valence-corrected chi connectivity index (χ3v) is 8.03. The number of ether oxygens (including phenoxy) is 1. The number of carbonyl (C=O) groups is 3. The maximum atomic E-state index is 13.6. The van der Waals surface area contributed by atoms with Crippen LogP contribution in [-0.4, -0.2) is 79.7 Å². The van der Waals surface area contributed by atoms with Gasteiger partial charge in [0, 0.05) is 26.7 Å². The quantitative estimate of drug-likeness (QED) is 0.160. The molecule has 2 aromatic carbocycles. The van der Waals surface area contributed by atoms with Crippen molar-refractivity contribution < 1.29 is 24.2 Å². The molecule has 4 N–H and O–H groups in total. The summed E-state index contributed by atoms with van der Waals surface area (Å²) in [6, 6.07) is 16.9. The van der Waals surface area contributed by atoms with Crippen LogP contribution in [0, 0.1) is 5.92 Å². The number of hydrogen-bond acceptors (Lipinski definition) is 6. The fraction of sp³-hybridized carbons (Fsp3) is 0.571. The molecule has 3 rings (SSSR count). The predicted molar refractivity (Wildman–Crippen MR) is 175 cm³/mol. The van der Waals surface area contributed by atoms with E-state index in [0.717, 1.165) is 56.3 Å². The average Bonchev–Trinajstić information content (AvgIpc) is 3.04. The molecule has 244 valence electrons. The number of nitrogens with zero attached hydrogens (tertiary/aromatic N) is 1. The molecule has 0 spiro atoms. The molecular weight excluding hydrogens is 556 g/mol. The molecule has 1 saturated carbocycles. The molecule has 44 heavy (non-hydrogen) atoms. The zero-order valence-electron chi connectivity index (χ0n) is 27.1. The first kappa shape index (κ1) is 36.8. The molecule has 3 atom stereocenters. The van der Waals surface area contributed by atoms with Gasteiger partial charge in [0.2, 0.25) is 18.2 Å². The Labute approximate surface area is 264 Å². The number of aryl methyl sites for hydroxylation is 2. The standard InChI is InChI=1S/C27H44N4O5.C8H10/c1-4-29-26(34)25(20(2)33)31(3)27(35)24(22-12-6-5-7-13-22)30-17-18-36-23-15-9-8-11-21(23)14-10-16-28-19-32;1-2-8-6-4-3-5-7-8/h8-9,11,15,19-20,22,24-25,30,33H,4-7,10,12-14,16-18H2,1-3H3,(H,28,32)(H,29,34);3-7H,2H2,1H3. The van der Waals surface area contributed by atoms with E-state index in [1.807, 2.05) is 37.3 Å². The summed E-state index contributed by atoms with van der Waals surface area (Å²) in [5, 5.41) is 19.1. The number of rotatable bonds is 17. The number of benzene rings is 2. The minimum absolute atomic E-state index is 0.176. The lowest BCUT2D eigenvalue weighted by molar-refractivity contribution is -0.145. The lowest BCUT2D eigenvalue weighted by Crippen LogP contribution is -2.59. The van der Waals surface area contributed by atoms with Crippen LogP contribution in [0.5, 0.6) is 5.75 Å². The second kappa shape index (κ2) is 21.3. The molecule has 1 aliphatic carbocycles. The van der Waals surface area contributed by atoms with E-state index in [0.29, 0.717) is 32.7 Å². The Morgan fingerprint density at radius 1 is 1.02 bits per heavy atom. The third kappa shape index (κ3) is 12.7. The Hall–Kier alpha value is -3.43. The Kier molecular flexibility index (Phi) is 17.8. The van der Waals surface area contributed by atoms with Crippen molar-refractivity contribution in [2.24, 2.45) is 5.92 Å². The topological polar surface area (TPSA) is 120 Å². The van der Waals surface area contributed by atoms with Crippen LogP contribution in [0.3, 0.4) is 0 Å². The van der Waals surface area contributed by atoms with Crippen molar-refractivity contribution in [3.63, 3.8) is 0 Å². The summed E-state index contributed by atoms with van der Waals surface area (Å²) in [5.74, 6) is 0.444. The van der Waals surface area contributed by atoms with Gasteiger partial charge < -0.3 is 30.7 Å². The second-order valence-corrected chi connectivity index (χ2v) is 11.3. The fourth-order valence-electron chi connectivity index (χ4n) is 5.66. The van der Waals surface area contributed by atoms with Gasteiger partial charge in [0.15, 0.2) is 0 Å². The lowest BCUT2D eigenvalue weighted by atomic mass is 9.83. The van der Waals surface area contributed by atoms with E-state index in [-0.39, 0.29) is 17.7 Å². The minimum atomic E-state index is -0.987. The van der Waals surface area contributed by atoms with Crippen LogP contribution in [0.25, 0.3) is 0 Å². The number of likely N-dealkylation sites (N-methyl/N-ethyl adjacent to an activating group) is 2. The molecule has 1 fully saturated rings. The van der Waals surface area contributed by atoms with Gasteiger partial charge in [0.1, 0.15) is 18.4 Å². The van der Waals surface area contributed by atoms with Crippen molar-refractivity contribution >= 4 is 18.2 Å². The summed E-state index contributed by atoms with van der Waals surface area (Å²) in [5.41, 5.74) is 2.49. The van der Waals surface area contributed by atoms with E-state index in [2.05, 4.69) is 47.1 Å². The van der Waals surface area contributed by atoms with Crippen LogP contribution in [-0.2, 0) is 27.2 Å². The summed E-state index contributed by atoms with van der Waals surface area (Å²) in [7, 11) is 1.60. The Bertz CT molecular complexity index is 1090. The lowest BCUT2D eigenvalue weighted by Gasteiger charge is -2.36. The maximum absolute atomic E-state index is 13.6. The number of nitrogens with one attached hydrogen (secondary N) is 3. The van der Waals surface area contributed by atoms with Gasteiger partial charge >= 0.3 is 0 Å². The predicted octanol–water partition coefficient (Wildman–Crippen LogP) is 3.88. The van der Waals surface area contributed by atoms with Gasteiger partial charge in [-0.3, -0.25) is 14.4 Å². The molecule has 0 aromatic heterocycles. The highest BCUT2D eigenvalue weighted by atomic mass is 16.5. The van der Waals surface area contributed by atoms with E-state index in [1.165, 1.54) is 23.8 Å². The molecule has 0 radical (unpaired) electrons. The first-order valence-corrected chi connectivity index (χ1v) is 16.2. The SMILES string of the molecule is CCNC(=O)C(C(C)O)N(C)C(=O)C(NCCOc1ccccc1CCCNC=O)C1CCCCC1.CCc1ccccc1. The summed E-state index contributed by atoms with van der Waals surface area (Å²) in [6.07, 6.45) is 7.71. The van der Waals surface area contributed by atoms with Crippen LogP contribution < -0.4 is 20.7 Å². The van der Waals surface area contributed by atoms with Crippen molar-refractivity contribution in [1.82, 2.24) is 20.9 Å². The molecular formula is C35H54N4O5. The average molecular weight is 611 g/mol. The highest BCUT2D eigenvalue weighted by Gasteiger charge is 2.37. The van der Waals surface area contributed by atoms with E-state index >= 15 is 0 Å². The highest BCUT2D eigenvalue weighted by molar-refractivity contribution is 5.90. The van der Waals surface area contributed by atoms with Gasteiger partial charge in [-0.25, -0.2) is 0 Å². The molecule has 3 unspecified atom stereocenters. The molecule has 0 bridgehead atoms. The Morgan fingerprint density at radius 2 is 1.70 bits per heavy atom. The normalized spacial score (nSPS) is 15.1. The van der Waals surface area contributed by atoms with E-state index in [9.17, 15) is 19.5 Å². The Balaban J connectivity index is 0.000000727. The third-order valence-electron chi connectivity index (χ3n) is 8.03. The number of hydrogen-bond donors (Lipinski definition) is 4. The highest BCUT2D eigenvalue weighted by Crippen LogP contribution is 2.28. The van der Waals surface area contributed by atoms with Gasteiger partial charge in [-0.05, 0) is 69.1 Å². The van der Waals surface area contributed by atoms with Crippen LogP contribution in [0.4, 0.5) is 0 Å². The van der Waals surface area contributed by atoms with Gasteiger partial charge in [-0.2, -0.15) is 0 Å². The van der Waals surface area contributed by atoms with E-state index in [4.69, 9.17) is 4.74 Å². The monoisotopic (exact) mass is 610 g/mol. The minimum Gasteiger partial charge on any atom is -0.492 e. The maximum Gasteiger partial charge on any atom is 0.245 e. The molecule has 2 aromatic rings. The second-order valence-electron chi connectivity index (χ2n) is 11.3. The fourth-order valence-corrected chi connectivity index (χ4v) is 5.66. The van der Waals surface area contributed by atoms with Crippen molar-refractivity contribution in [2.75, 3.05) is 33.3 Å². The zero-order chi connectivity index (χ0) is 32.2. The number of carbonyl (C=O) groups excluding carboxylic acids is 3. The van der Waals surface area contributed by atoms with Crippen molar-refractivity contribution in [2.45, 2.75) is 90.3 Å². The van der Waals surface area contributed by atoms with Gasteiger partial charge in [-0.1, -0.05) is 74.7 Å². The molecule has 1 aliphatic rings. The number of amides is 3. The van der Waals surface area contributed by atoms with Crippen molar-refractivity contribution in [1.29, 1.82) is 0 Å². The number of para-hydroxylation sites is 1. The van der Waals surface area contributed by atoms with Gasteiger partial charge in [0.25, 0.3) is 0 Å². The molecule has 0 aliphatic heterocycles. The van der Waals surface area contributed by atoms with E-state index < -0.39 is 18.2 Å². The molecule has 0 saturated heterocycles. The zero-order valence-corrected chi connectivity index (χ0v) is 27.1. The smallest absolute Gasteiger partial charge is 0.245 e. The molecule has 0 heterocycles. The van der Waals surface area contributed by atoms with Crippen molar-refractivity contribution in [3.8, 4) is 5.75 Å². The Morgan fingerprint density at radius 3 is 2.32 bits per heavy atom. The summed E-state index contributed by atoms with van der Waals surface area (Å²) in [6.45, 7) is 7.42. The van der Waals surface area contributed by atoms with Crippen LogP contribution in [0.15, 0.2) is 54.6 Å². The summed E-state index contributed by atoms with van der Waals surface area (Å²) >= 11 is 0. The van der Waals surface area contributed by atoms with Crippen LogP contribution in [0.2, 0.25) is 0 Å². The first-order chi connectivity index (χ1) is 21.3. The molecule has 3 amide bonds. The van der Waals surface area contributed by atoms with Gasteiger partial charge in [0.05, 0.1) is 12.1 Å². The number of aliphatic hydroxyl groups is 1. The largest absolute Gasteiger partial charge is 0.492 e. The summed E-state index contributed by atoms with van der Waals surface area (Å²) in [4.78, 5) is 38.0. The van der Waals surface area contributed by atoms with Gasteiger partial charge in [-0.15, -0.1) is 0 Å². The van der Waals surface area contributed by atoms with Crippen LogP contribution in [0.1, 0.15) is 70.4 Å². The number of aliphatic hydroxyl groups excluding tert-OH is 1. The molecule has 9 heteroatoms. The van der Waals surface area contributed by atoms with Crippen molar-refractivity contribution in [3.05, 3.63) is 65.7 Å². The van der Waals surface area contributed by atoms with E-state index in [1.54, 1.807) is 7.05 Å². The van der Waals surface area contributed by atoms with Crippen LogP contribution >= 0.6 is 0 Å². The molecule has 9 nitrogen and oxygen atoms in total.